The highest BCUT2D eigenvalue weighted by Gasteiger charge is 1.92. The Balaban J connectivity index is 2.68. The minimum absolute atomic E-state index is 0.427. The first-order valence-corrected chi connectivity index (χ1v) is 3.36. The van der Waals surface area contributed by atoms with Crippen molar-refractivity contribution in [3.05, 3.63) is 0 Å². The SMILES string of the molecule is CCSCC(O)O. The van der Waals surface area contributed by atoms with Crippen LogP contribution in [0.2, 0.25) is 0 Å². The Morgan fingerprint density at radius 3 is 2.29 bits per heavy atom. The fourth-order valence-electron chi connectivity index (χ4n) is 0.223. The van der Waals surface area contributed by atoms with E-state index in [0.717, 1.165) is 5.75 Å². The number of aliphatic hydroxyl groups excluding tert-OH is 1. The Hall–Kier alpha value is 0.270. The molecule has 0 heterocycles. The molecule has 0 saturated heterocycles. The topological polar surface area (TPSA) is 40.5 Å². The Kier molecular flexibility index (Phi) is 4.60. The third-order valence-electron chi connectivity index (χ3n) is 0.471. The molecule has 7 heavy (non-hydrogen) atoms. The third-order valence-corrected chi connectivity index (χ3v) is 1.41. The lowest BCUT2D eigenvalue weighted by Gasteiger charge is -1.97. The molecule has 2 nitrogen and oxygen atoms in total. The maximum absolute atomic E-state index is 8.22. The van der Waals surface area contributed by atoms with Gasteiger partial charge in [0.2, 0.25) is 0 Å². The van der Waals surface area contributed by atoms with Crippen molar-refractivity contribution >= 4 is 11.8 Å². The molecule has 0 aromatic rings. The third kappa shape index (κ3) is 6.27. The van der Waals surface area contributed by atoms with Crippen LogP contribution in [0.3, 0.4) is 0 Å². The molecule has 0 rings (SSSR count). The van der Waals surface area contributed by atoms with Gasteiger partial charge in [-0.05, 0) is 5.75 Å². The number of hydrogen-bond donors (Lipinski definition) is 2. The van der Waals surface area contributed by atoms with Crippen LogP contribution in [0.1, 0.15) is 6.92 Å². The zero-order valence-electron chi connectivity index (χ0n) is 4.29. The van der Waals surface area contributed by atoms with Crippen molar-refractivity contribution in [2.75, 3.05) is 11.5 Å². The summed E-state index contributed by atoms with van der Waals surface area (Å²) in [5.74, 6) is 1.37. The van der Waals surface area contributed by atoms with Gasteiger partial charge in [0.1, 0.15) is 0 Å². The van der Waals surface area contributed by atoms with E-state index in [-0.39, 0.29) is 0 Å². The minimum atomic E-state index is -1.13. The molecule has 0 amide bonds. The minimum Gasteiger partial charge on any atom is -0.367 e. The molecule has 0 saturated carbocycles. The van der Waals surface area contributed by atoms with E-state index in [1.165, 1.54) is 11.8 Å². The molecule has 0 aliphatic carbocycles. The molecule has 0 bridgehead atoms. The lowest BCUT2D eigenvalue weighted by Crippen LogP contribution is -2.06. The van der Waals surface area contributed by atoms with Crippen LogP contribution < -0.4 is 0 Å². The van der Waals surface area contributed by atoms with Gasteiger partial charge >= 0.3 is 0 Å². The Morgan fingerprint density at radius 2 is 2.14 bits per heavy atom. The Morgan fingerprint density at radius 1 is 1.57 bits per heavy atom. The quantitative estimate of drug-likeness (QED) is 0.520. The van der Waals surface area contributed by atoms with Crippen LogP contribution in [0.4, 0.5) is 0 Å². The lowest BCUT2D eigenvalue weighted by molar-refractivity contribution is -0.0186. The molecule has 0 fully saturated rings. The first-order valence-electron chi connectivity index (χ1n) is 2.21. The van der Waals surface area contributed by atoms with E-state index in [1.54, 1.807) is 0 Å². The second kappa shape index (κ2) is 4.43. The number of hydrogen-bond acceptors (Lipinski definition) is 3. The predicted octanol–water partition coefficient (Wildman–Crippen LogP) is 0.0502. The molecule has 0 unspecified atom stereocenters. The Labute approximate surface area is 47.5 Å². The van der Waals surface area contributed by atoms with Gasteiger partial charge in [0.25, 0.3) is 0 Å². The van der Waals surface area contributed by atoms with Gasteiger partial charge in [0.05, 0.1) is 0 Å². The smallest absolute Gasteiger partial charge is 0.160 e. The fraction of sp³-hybridized carbons (Fsp3) is 1.00. The molecule has 2 N–H and O–H groups in total. The van der Waals surface area contributed by atoms with Crippen LogP contribution in [-0.2, 0) is 0 Å². The molecule has 44 valence electrons. The summed E-state index contributed by atoms with van der Waals surface area (Å²) in [5, 5.41) is 16.4. The van der Waals surface area contributed by atoms with Gasteiger partial charge in [0, 0.05) is 5.75 Å². The van der Waals surface area contributed by atoms with Crippen LogP contribution in [-0.4, -0.2) is 28.0 Å². The van der Waals surface area contributed by atoms with Crippen LogP contribution in [0, 0.1) is 0 Å². The van der Waals surface area contributed by atoms with Gasteiger partial charge in [-0.3, -0.25) is 0 Å². The molecule has 0 radical (unpaired) electrons. The zero-order valence-corrected chi connectivity index (χ0v) is 5.11. The summed E-state index contributed by atoms with van der Waals surface area (Å²) < 4.78 is 0. The molecule has 0 aliphatic rings. The summed E-state index contributed by atoms with van der Waals surface area (Å²) in [6, 6.07) is 0. The van der Waals surface area contributed by atoms with E-state index in [0.29, 0.717) is 5.75 Å². The first-order chi connectivity index (χ1) is 3.27. The van der Waals surface area contributed by atoms with Crippen LogP contribution >= 0.6 is 11.8 Å². The molecule has 0 aromatic heterocycles. The van der Waals surface area contributed by atoms with E-state index in [2.05, 4.69) is 0 Å². The summed E-state index contributed by atoms with van der Waals surface area (Å²) in [5.41, 5.74) is 0. The zero-order chi connectivity index (χ0) is 5.70. The average molecular weight is 122 g/mol. The van der Waals surface area contributed by atoms with E-state index in [1.807, 2.05) is 6.92 Å². The normalized spacial score (nSPS) is 10.3. The first kappa shape index (κ1) is 7.27. The molecular weight excluding hydrogens is 112 g/mol. The number of thioether (sulfide) groups is 1. The lowest BCUT2D eigenvalue weighted by atomic mass is 10.8. The van der Waals surface area contributed by atoms with E-state index in [4.69, 9.17) is 10.2 Å². The van der Waals surface area contributed by atoms with Gasteiger partial charge in [-0.2, -0.15) is 11.8 Å². The van der Waals surface area contributed by atoms with Gasteiger partial charge in [-0.25, -0.2) is 0 Å². The predicted molar refractivity (Wildman–Crippen MR) is 31.2 cm³/mol. The van der Waals surface area contributed by atoms with Crippen LogP contribution in [0.15, 0.2) is 0 Å². The summed E-state index contributed by atoms with van der Waals surface area (Å²) in [6.07, 6.45) is -1.13. The highest BCUT2D eigenvalue weighted by Crippen LogP contribution is 1.98. The highest BCUT2D eigenvalue weighted by atomic mass is 32.2. The summed E-state index contributed by atoms with van der Waals surface area (Å²) in [4.78, 5) is 0. The fourth-order valence-corrected chi connectivity index (χ4v) is 0.670. The second-order valence-electron chi connectivity index (χ2n) is 1.14. The van der Waals surface area contributed by atoms with E-state index < -0.39 is 6.29 Å². The van der Waals surface area contributed by atoms with E-state index >= 15 is 0 Å². The Bertz CT molecular complexity index is 38.7. The van der Waals surface area contributed by atoms with Gasteiger partial charge in [-0.1, -0.05) is 6.92 Å². The summed E-state index contributed by atoms with van der Waals surface area (Å²) in [7, 11) is 0. The van der Waals surface area contributed by atoms with Gasteiger partial charge in [-0.15, -0.1) is 0 Å². The van der Waals surface area contributed by atoms with Crippen LogP contribution in [0.25, 0.3) is 0 Å². The van der Waals surface area contributed by atoms with Crippen molar-refractivity contribution in [3.63, 3.8) is 0 Å². The van der Waals surface area contributed by atoms with Crippen LogP contribution in [0.5, 0.6) is 0 Å². The molecular formula is C4H10O2S. The van der Waals surface area contributed by atoms with Crippen molar-refractivity contribution in [2.24, 2.45) is 0 Å². The standard InChI is InChI=1S/C4H10O2S/c1-2-7-3-4(5)6/h4-6H,2-3H2,1H3. The maximum atomic E-state index is 8.22. The van der Waals surface area contributed by atoms with Crippen molar-refractivity contribution in [3.8, 4) is 0 Å². The highest BCUT2D eigenvalue weighted by molar-refractivity contribution is 7.99. The van der Waals surface area contributed by atoms with Gasteiger partial charge < -0.3 is 10.2 Å². The maximum Gasteiger partial charge on any atom is 0.160 e. The average Bonchev–Trinajstić information content (AvgIpc) is 1.61. The monoisotopic (exact) mass is 122 g/mol. The van der Waals surface area contributed by atoms with E-state index in [9.17, 15) is 0 Å². The molecule has 0 aliphatic heterocycles. The summed E-state index contributed by atoms with van der Waals surface area (Å²) >= 11 is 1.52. The molecule has 3 heteroatoms. The van der Waals surface area contributed by atoms with Crippen molar-refractivity contribution < 1.29 is 10.2 Å². The van der Waals surface area contributed by atoms with Crippen molar-refractivity contribution in [1.82, 2.24) is 0 Å². The molecule has 0 atom stereocenters. The molecule has 0 aromatic carbocycles. The molecule has 0 spiro atoms. The largest absolute Gasteiger partial charge is 0.367 e. The van der Waals surface area contributed by atoms with Gasteiger partial charge in [0.15, 0.2) is 6.29 Å². The van der Waals surface area contributed by atoms with Crippen molar-refractivity contribution in [1.29, 1.82) is 0 Å². The number of aliphatic hydroxyl groups is 2. The summed E-state index contributed by atoms with van der Waals surface area (Å²) in [6.45, 7) is 1.98. The second-order valence-corrected chi connectivity index (χ2v) is 2.46. The van der Waals surface area contributed by atoms with Crippen molar-refractivity contribution in [2.45, 2.75) is 13.2 Å². The number of rotatable bonds is 3.